The molecule has 0 aliphatic carbocycles. The van der Waals surface area contributed by atoms with E-state index in [1.165, 1.54) is 7.11 Å². The minimum atomic E-state index is -1.12. The zero-order valence-electron chi connectivity index (χ0n) is 8.81. The van der Waals surface area contributed by atoms with Crippen molar-refractivity contribution in [3.63, 3.8) is 0 Å². The van der Waals surface area contributed by atoms with Gasteiger partial charge in [-0.1, -0.05) is 16.8 Å². The van der Waals surface area contributed by atoms with Gasteiger partial charge in [0, 0.05) is 5.02 Å². The molecule has 17 heavy (non-hydrogen) atoms. The van der Waals surface area contributed by atoms with E-state index in [-0.39, 0.29) is 11.3 Å². The number of hydrogen-bond acceptors (Lipinski definition) is 4. The van der Waals surface area contributed by atoms with E-state index in [0.29, 0.717) is 16.3 Å². The second-order valence-electron chi connectivity index (χ2n) is 3.22. The number of carboxylic acid groups (broad SMARTS) is 1. The highest BCUT2D eigenvalue weighted by atomic mass is 35.5. The molecule has 1 aromatic heterocycles. The van der Waals surface area contributed by atoms with Gasteiger partial charge in [-0.3, -0.25) is 0 Å². The largest absolute Gasteiger partial charge is 0.496 e. The molecule has 1 N–H and O–H groups in total. The molecular weight excluding hydrogens is 246 g/mol. The first kappa shape index (κ1) is 11.5. The fourth-order valence-corrected chi connectivity index (χ4v) is 1.62. The smallest absolute Gasteiger partial charge is 0.341 e. The van der Waals surface area contributed by atoms with Gasteiger partial charge in [0.2, 0.25) is 0 Å². The topological polar surface area (TPSA) is 72.6 Å². The maximum Gasteiger partial charge on any atom is 0.341 e. The first-order chi connectivity index (χ1) is 8.13. The summed E-state index contributed by atoms with van der Waals surface area (Å²) in [5, 5.41) is 12.9. The number of nitrogens with zero attached hydrogens (tertiary/aromatic N) is 1. The molecule has 0 saturated carbocycles. The van der Waals surface area contributed by atoms with Crippen LogP contribution in [-0.4, -0.2) is 23.3 Å². The summed E-state index contributed by atoms with van der Waals surface area (Å²) in [6.07, 6.45) is 1.14. The molecule has 0 spiro atoms. The van der Waals surface area contributed by atoms with Crippen LogP contribution in [0.25, 0.3) is 11.3 Å². The molecule has 0 amide bonds. The normalized spacial score (nSPS) is 10.2. The van der Waals surface area contributed by atoms with Gasteiger partial charge in [-0.2, -0.15) is 0 Å². The van der Waals surface area contributed by atoms with E-state index in [4.69, 9.17) is 26.0 Å². The minimum Gasteiger partial charge on any atom is -0.496 e. The summed E-state index contributed by atoms with van der Waals surface area (Å²) in [5.74, 6) is -0.534. The standard InChI is InChI=1S/C11H8ClNO4/c1-16-9-3-2-6(12)4-7(9)10-8(11(14)15)5-13-17-10/h2-5H,1H3,(H,14,15). The number of aromatic carboxylic acids is 1. The Morgan fingerprint density at radius 1 is 1.53 bits per heavy atom. The third-order valence-corrected chi connectivity index (χ3v) is 2.44. The van der Waals surface area contributed by atoms with E-state index in [9.17, 15) is 4.79 Å². The van der Waals surface area contributed by atoms with Crippen LogP contribution in [0, 0.1) is 0 Å². The first-order valence-electron chi connectivity index (χ1n) is 4.65. The second-order valence-corrected chi connectivity index (χ2v) is 3.65. The van der Waals surface area contributed by atoms with Crippen molar-refractivity contribution in [2.45, 2.75) is 0 Å². The maximum atomic E-state index is 11.0. The quantitative estimate of drug-likeness (QED) is 0.910. The van der Waals surface area contributed by atoms with Crippen molar-refractivity contribution in [3.8, 4) is 17.1 Å². The molecule has 0 aliphatic heterocycles. The Bertz CT molecular complexity index is 564. The van der Waals surface area contributed by atoms with Gasteiger partial charge in [0.05, 0.1) is 18.9 Å². The summed E-state index contributed by atoms with van der Waals surface area (Å²) in [6.45, 7) is 0. The number of methoxy groups -OCH3 is 1. The molecule has 0 unspecified atom stereocenters. The lowest BCUT2D eigenvalue weighted by molar-refractivity contribution is 0.0697. The third-order valence-electron chi connectivity index (χ3n) is 2.21. The molecule has 0 aliphatic rings. The molecule has 5 nitrogen and oxygen atoms in total. The molecule has 2 rings (SSSR count). The van der Waals surface area contributed by atoms with E-state index in [1.807, 2.05) is 0 Å². The van der Waals surface area contributed by atoms with Gasteiger partial charge in [-0.25, -0.2) is 4.79 Å². The Morgan fingerprint density at radius 3 is 2.94 bits per heavy atom. The zero-order chi connectivity index (χ0) is 12.4. The van der Waals surface area contributed by atoms with E-state index in [2.05, 4.69) is 5.16 Å². The van der Waals surface area contributed by atoms with Crippen molar-refractivity contribution < 1.29 is 19.2 Å². The van der Waals surface area contributed by atoms with Gasteiger partial charge in [-0.15, -0.1) is 0 Å². The fourth-order valence-electron chi connectivity index (χ4n) is 1.44. The van der Waals surface area contributed by atoms with Crippen LogP contribution in [0.4, 0.5) is 0 Å². The minimum absolute atomic E-state index is 0.0365. The lowest BCUT2D eigenvalue weighted by atomic mass is 10.1. The molecule has 6 heteroatoms. The highest BCUT2D eigenvalue weighted by molar-refractivity contribution is 6.31. The molecule has 88 valence electrons. The van der Waals surface area contributed by atoms with Crippen molar-refractivity contribution in [1.29, 1.82) is 0 Å². The summed E-state index contributed by atoms with van der Waals surface area (Å²) < 4.78 is 10.1. The van der Waals surface area contributed by atoms with E-state index in [0.717, 1.165) is 6.20 Å². The highest BCUT2D eigenvalue weighted by Crippen LogP contribution is 2.34. The monoisotopic (exact) mass is 253 g/mol. The number of benzene rings is 1. The lowest BCUT2D eigenvalue weighted by Crippen LogP contribution is -1.97. The Morgan fingerprint density at radius 2 is 2.29 bits per heavy atom. The van der Waals surface area contributed by atoms with Crippen LogP contribution < -0.4 is 4.74 Å². The number of hydrogen-bond donors (Lipinski definition) is 1. The molecule has 0 fully saturated rings. The summed E-state index contributed by atoms with van der Waals surface area (Å²) in [6, 6.07) is 4.83. The number of carbonyl (C=O) groups is 1. The van der Waals surface area contributed by atoms with Crippen LogP contribution in [0.15, 0.2) is 28.9 Å². The summed E-state index contributed by atoms with van der Waals surface area (Å²) in [7, 11) is 1.48. The van der Waals surface area contributed by atoms with Crippen molar-refractivity contribution in [2.75, 3.05) is 7.11 Å². The molecule has 0 saturated heterocycles. The number of halogens is 1. The lowest BCUT2D eigenvalue weighted by Gasteiger charge is -2.06. The van der Waals surface area contributed by atoms with Crippen LogP contribution in [0.1, 0.15) is 10.4 Å². The van der Waals surface area contributed by atoms with Gasteiger partial charge < -0.3 is 14.4 Å². The SMILES string of the molecule is COc1ccc(Cl)cc1-c1oncc1C(=O)O. The Labute approximate surface area is 102 Å². The van der Waals surface area contributed by atoms with Crippen LogP contribution in [0.3, 0.4) is 0 Å². The zero-order valence-corrected chi connectivity index (χ0v) is 9.56. The Hall–Kier alpha value is -2.01. The second kappa shape index (κ2) is 4.47. The number of aromatic nitrogens is 1. The molecule has 1 aromatic carbocycles. The molecule has 1 heterocycles. The van der Waals surface area contributed by atoms with E-state index in [1.54, 1.807) is 18.2 Å². The van der Waals surface area contributed by atoms with Gasteiger partial charge in [-0.05, 0) is 18.2 Å². The van der Waals surface area contributed by atoms with Crippen molar-refractivity contribution >= 4 is 17.6 Å². The van der Waals surface area contributed by atoms with Gasteiger partial charge in [0.1, 0.15) is 11.3 Å². The van der Waals surface area contributed by atoms with Gasteiger partial charge in [0.25, 0.3) is 0 Å². The summed E-state index contributed by atoms with van der Waals surface area (Å²) >= 11 is 5.86. The number of rotatable bonds is 3. The Balaban J connectivity index is 2.63. The van der Waals surface area contributed by atoms with E-state index >= 15 is 0 Å². The van der Waals surface area contributed by atoms with Crippen LogP contribution in [-0.2, 0) is 0 Å². The van der Waals surface area contributed by atoms with Crippen LogP contribution in [0.2, 0.25) is 5.02 Å². The van der Waals surface area contributed by atoms with Gasteiger partial charge in [0.15, 0.2) is 5.76 Å². The van der Waals surface area contributed by atoms with Crippen LogP contribution >= 0.6 is 11.6 Å². The predicted molar refractivity (Wildman–Crippen MR) is 60.5 cm³/mol. The highest BCUT2D eigenvalue weighted by Gasteiger charge is 2.20. The molecular formula is C11H8ClNO4. The maximum absolute atomic E-state index is 11.0. The number of ether oxygens (including phenoxy) is 1. The summed E-state index contributed by atoms with van der Waals surface area (Å²) in [5.41, 5.74) is 0.417. The molecule has 2 aromatic rings. The van der Waals surface area contributed by atoms with Crippen molar-refractivity contribution in [3.05, 3.63) is 35.0 Å². The average molecular weight is 254 g/mol. The summed E-state index contributed by atoms with van der Waals surface area (Å²) in [4.78, 5) is 11.0. The van der Waals surface area contributed by atoms with E-state index < -0.39 is 5.97 Å². The fraction of sp³-hybridized carbons (Fsp3) is 0.0909. The molecule has 0 bridgehead atoms. The van der Waals surface area contributed by atoms with Crippen molar-refractivity contribution in [2.24, 2.45) is 0 Å². The third kappa shape index (κ3) is 2.09. The van der Waals surface area contributed by atoms with Crippen molar-refractivity contribution in [1.82, 2.24) is 5.16 Å². The molecule has 0 atom stereocenters. The average Bonchev–Trinajstić information content (AvgIpc) is 2.77. The van der Waals surface area contributed by atoms with Crippen LogP contribution in [0.5, 0.6) is 5.75 Å². The van der Waals surface area contributed by atoms with Gasteiger partial charge >= 0.3 is 5.97 Å². The predicted octanol–water partition coefficient (Wildman–Crippen LogP) is 2.70. The molecule has 0 radical (unpaired) electrons. The number of carboxylic acids is 1. The first-order valence-corrected chi connectivity index (χ1v) is 5.03. The Kier molecular flexibility index (Phi) is 3.01.